The minimum absolute atomic E-state index is 0.167. The highest BCUT2D eigenvalue weighted by Gasteiger charge is 2.12. The molecule has 0 aliphatic rings. The van der Waals surface area contributed by atoms with Crippen LogP contribution in [0.5, 0.6) is 0 Å². The number of hydrogen-bond acceptors (Lipinski definition) is 1. The van der Waals surface area contributed by atoms with Crippen LogP contribution in [0, 0.1) is 24.4 Å². The van der Waals surface area contributed by atoms with Crippen LogP contribution in [0.1, 0.15) is 5.56 Å². The molecule has 0 spiro atoms. The molecule has 0 atom stereocenters. The van der Waals surface area contributed by atoms with Gasteiger partial charge in [0.25, 0.3) is 0 Å². The lowest BCUT2D eigenvalue weighted by atomic mass is 10.0. The smallest absolute Gasteiger partial charge is 0.152 e. The van der Waals surface area contributed by atoms with E-state index in [9.17, 15) is 13.2 Å². The van der Waals surface area contributed by atoms with E-state index in [1.165, 1.54) is 12.1 Å². The van der Waals surface area contributed by atoms with E-state index in [4.69, 9.17) is 0 Å². The molecule has 82 valence electrons. The van der Waals surface area contributed by atoms with Crippen molar-refractivity contribution in [3.05, 3.63) is 53.6 Å². The molecule has 1 aromatic carbocycles. The highest BCUT2D eigenvalue weighted by Crippen LogP contribution is 2.26. The molecule has 4 heteroatoms. The summed E-state index contributed by atoms with van der Waals surface area (Å²) >= 11 is 0. The Labute approximate surface area is 90.6 Å². The largest absolute Gasteiger partial charge is 0.259 e. The van der Waals surface area contributed by atoms with Gasteiger partial charge in [0.1, 0.15) is 5.82 Å². The Bertz CT molecular complexity index is 518. The van der Waals surface area contributed by atoms with Crippen molar-refractivity contribution in [3.8, 4) is 11.1 Å². The van der Waals surface area contributed by atoms with Crippen molar-refractivity contribution >= 4 is 0 Å². The van der Waals surface area contributed by atoms with E-state index in [-0.39, 0.29) is 11.1 Å². The first-order chi connectivity index (χ1) is 7.59. The predicted octanol–water partition coefficient (Wildman–Crippen LogP) is 3.47. The second kappa shape index (κ2) is 3.96. The molecule has 1 aromatic heterocycles. The van der Waals surface area contributed by atoms with Gasteiger partial charge < -0.3 is 0 Å². The van der Waals surface area contributed by atoms with Crippen LogP contribution < -0.4 is 0 Å². The van der Waals surface area contributed by atoms with Gasteiger partial charge in [0.2, 0.25) is 0 Å². The Kier molecular flexibility index (Phi) is 2.64. The number of aromatic nitrogens is 1. The van der Waals surface area contributed by atoms with Gasteiger partial charge in [0.15, 0.2) is 11.6 Å². The molecule has 0 N–H and O–H groups in total. The number of hydrogen-bond donors (Lipinski definition) is 0. The fourth-order valence-corrected chi connectivity index (χ4v) is 1.44. The molecule has 0 saturated heterocycles. The summed E-state index contributed by atoms with van der Waals surface area (Å²) in [7, 11) is 0. The van der Waals surface area contributed by atoms with Crippen molar-refractivity contribution in [1.29, 1.82) is 0 Å². The van der Waals surface area contributed by atoms with Crippen LogP contribution in [0.2, 0.25) is 0 Å². The molecule has 0 unspecified atom stereocenters. The molecule has 2 aromatic rings. The summed E-state index contributed by atoms with van der Waals surface area (Å²) in [6.45, 7) is 1.58. The SMILES string of the molecule is Cc1ccc(-c2c(F)cncc2F)cc1F. The minimum atomic E-state index is -0.803. The first-order valence-electron chi connectivity index (χ1n) is 4.65. The maximum absolute atomic E-state index is 13.3. The van der Waals surface area contributed by atoms with Gasteiger partial charge in [-0.1, -0.05) is 12.1 Å². The average Bonchev–Trinajstić information content (AvgIpc) is 2.23. The second-order valence-electron chi connectivity index (χ2n) is 3.44. The summed E-state index contributed by atoms with van der Waals surface area (Å²) in [5.41, 5.74) is 0.341. The summed E-state index contributed by atoms with van der Waals surface area (Å²) in [5.74, 6) is -2.10. The van der Waals surface area contributed by atoms with Crippen LogP contribution in [0.25, 0.3) is 11.1 Å². The molecular weight excluding hydrogens is 215 g/mol. The van der Waals surface area contributed by atoms with Crippen LogP contribution in [-0.2, 0) is 0 Å². The Morgan fingerprint density at radius 1 is 0.938 bits per heavy atom. The van der Waals surface area contributed by atoms with Crippen molar-refractivity contribution in [2.45, 2.75) is 6.92 Å². The third kappa shape index (κ3) is 1.78. The summed E-state index contributed by atoms with van der Waals surface area (Å²) in [6.07, 6.45) is 1.80. The van der Waals surface area contributed by atoms with Crippen molar-refractivity contribution in [3.63, 3.8) is 0 Å². The average molecular weight is 223 g/mol. The van der Waals surface area contributed by atoms with Gasteiger partial charge in [0.05, 0.1) is 18.0 Å². The third-order valence-electron chi connectivity index (χ3n) is 2.31. The van der Waals surface area contributed by atoms with Gasteiger partial charge in [-0.25, -0.2) is 13.2 Å². The lowest BCUT2D eigenvalue weighted by Crippen LogP contribution is -1.93. The van der Waals surface area contributed by atoms with Gasteiger partial charge in [0, 0.05) is 0 Å². The lowest BCUT2D eigenvalue weighted by molar-refractivity contribution is 0.578. The van der Waals surface area contributed by atoms with Crippen LogP contribution in [0.15, 0.2) is 30.6 Å². The number of pyridine rings is 1. The standard InChI is InChI=1S/C12H8F3N/c1-7-2-3-8(4-9(7)13)12-10(14)5-16-6-11(12)15/h2-6H,1H3. The van der Waals surface area contributed by atoms with Crippen molar-refractivity contribution in [2.75, 3.05) is 0 Å². The second-order valence-corrected chi connectivity index (χ2v) is 3.44. The van der Waals surface area contributed by atoms with Crippen molar-refractivity contribution in [1.82, 2.24) is 4.98 Å². The number of aryl methyl sites for hydroxylation is 1. The molecule has 0 aliphatic heterocycles. The number of benzene rings is 1. The summed E-state index contributed by atoms with van der Waals surface area (Å²) < 4.78 is 40.0. The molecule has 0 bridgehead atoms. The van der Waals surface area contributed by atoms with Gasteiger partial charge in [-0.2, -0.15) is 0 Å². The van der Waals surface area contributed by atoms with Gasteiger partial charge in [-0.05, 0) is 24.1 Å². The summed E-state index contributed by atoms with van der Waals surface area (Å²) in [6, 6.07) is 4.06. The lowest BCUT2D eigenvalue weighted by Gasteiger charge is -2.05. The third-order valence-corrected chi connectivity index (χ3v) is 2.31. The molecule has 0 radical (unpaired) electrons. The Morgan fingerprint density at radius 3 is 2.12 bits per heavy atom. The number of halogens is 3. The van der Waals surface area contributed by atoms with E-state index in [2.05, 4.69) is 4.98 Å². The van der Waals surface area contributed by atoms with Crippen LogP contribution in [0.4, 0.5) is 13.2 Å². The quantitative estimate of drug-likeness (QED) is 0.721. The minimum Gasteiger partial charge on any atom is -0.259 e. The molecular formula is C12H8F3N. The summed E-state index contributed by atoms with van der Waals surface area (Å²) in [4.78, 5) is 3.37. The van der Waals surface area contributed by atoms with Gasteiger partial charge in [-0.3, -0.25) is 4.98 Å². The van der Waals surface area contributed by atoms with Crippen LogP contribution >= 0.6 is 0 Å². The van der Waals surface area contributed by atoms with Crippen molar-refractivity contribution in [2.24, 2.45) is 0 Å². The van der Waals surface area contributed by atoms with Crippen molar-refractivity contribution < 1.29 is 13.2 Å². The van der Waals surface area contributed by atoms with Crippen LogP contribution in [-0.4, -0.2) is 4.98 Å². The maximum Gasteiger partial charge on any atom is 0.152 e. The van der Waals surface area contributed by atoms with E-state index >= 15 is 0 Å². The molecule has 2 rings (SSSR count). The first kappa shape index (κ1) is 10.7. The molecule has 0 fully saturated rings. The molecule has 1 heterocycles. The Morgan fingerprint density at radius 2 is 1.56 bits per heavy atom. The van der Waals surface area contributed by atoms with Crippen LogP contribution in [0.3, 0.4) is 0 Å². The molecule has 0 amide bonds. The van der Waals surface area contributed by atoms with E-state index in [1.807, 2.05) is 0 Å². The Balaban J connectivity index is 2.63. The van der Waals surface area contributed by atoms with E-state index in [1.54, 1.807) is 6.92 Å². The highest BCUT2D eigenvalue weighted by molar-refractivity contribution is 5.64. The molecule has 1 nitrogen and oxygen atoms in total. The number of nitrogens with zero attached hydrogens (tertiary/aromatic N) is 1. The van der Waals surface area contributed by atoms with Gasteiger partial charge in [-0.15, -0.1) is 0 Å². The monoisotopic (exact) mass is 223 g/mol. The fourth-order valence-electron chi connectivity index (χ4n) is 1.44. The zero-order valence-electron chi connectivity index (χ0n) is 8.47. The normalized spacial score (nSPS) is 10.5. The molecule has 0 saturated carbocycles. The zero-order chi connectivity index (χ0) is 11.7. The first-order valence-corrected chi connectivity index (χ1v) is 4.65. The topological polar surface area (TPSA) is 12.9 Å². The van der Waals surface area contributed by atoms with E-state index in [0.717, 1.165) is 18.5 Å². The van der Waals surface area contributed by atoms with E-state index < -0.39 is 17.5 Å². The predicted molar refractivity (Wildman–Crippen MR) is 54.3 cm³/mol. The van der Waals surface area contributed by atoms with Gasteiger partial charge >= 0.3 is 0 Å². The van der Waals surface area contributed by atoms with E-state index in [0.29, 0.717) is 5.56 Å². The fraction of sp³-hybridized carbons (Fsp3) is 0.0833. The maximum atomic E-state index is 13.3. The zero-order valence-corrected chi connectivity index (χ0v) is 8.47. The molecule has 16 heavy (non-hydrogen) atoms. The summed E-state index contributed by atoms with van der Waals surface area (Å²) in [5, 5.41) is 0. The highest BCUT2D eigenvalue weighted by atomic mass is 19.1. The Hall–Kier alpha value is -1.84. The number of rotatable bonds is 1. The molecule has 0 aliphatic carbocycles.